The molecule has 0 N–H and O–H groups in total. The number of thiophene rings is 1. The van der Waals surface area contributed by atoms with Crippen LogP contribution in [0.5, 0.6) is 0 Å². The predicted molar refractivity (Wildman–Crippen MR) is 68.2 cm³/mol. The van der Waals surface area contributed by atoms with Crippen molar-refractivity contribution < 1.29 is 9.53 Å². The van der Waals surface area contributed by atoms with Gasteiger partial charge in [-0.3, -0.25) is 0 Å². The van der Waals surface area contributed by atoms with Gasteiger partial charge in [-0.15, -0.1) is 11.3 Å². The summed E-state index contributed by atoms with van der Waals surface area (Å²) in [6, 6.07) is 0. The molecule has 0 unspecified atom stereocenters. The summed E-state index contributed by atoms with van der Waals surface area (Å²) in [5, 5.41) is 1.91. The minimum absolute atomic E-state index is 0.214. The zero-order valence-electron chi connectivity index (χ0n) is 10.3. The van der Waals surface area contributed by atoms with Crippen LogP contribution in [-0.4, -0.2) is 13.1 Å². The Hall–Kier alpha value is -0.830. The van der Waals surface area contributed by atoms with Crippen LogP contribution < -0.4 is 0 Å². The van der Waals surface area contributed by atoms with Crippen molar-refractivity contribution in [3.05, 3.63) is 21.4 Å². The fourth-order valence-electron chi connectivity index (χ4n) is 1.73. The Balaban J connectivity index is 2.55. The number of unbranched alkanes of at least 4 members (excludes halogenated alkanes) is 3. The first-order valence-corrected chi connectivity index (χ1v) is 6.74. The van der Waals surface area contributed by atoms with Gasteiger partial charge in [-0.25, -0.2) is 4.79 Å². The lowest BCUT2D eigenvalue weighted by molar-refractivity contribution is 0.0600. The second-order valence-corrected chi connectivity index (χ2v) is 4.96. The van der Waals surface area contributed by atoms with E-state index < -0.39 is 0 Å². The molecule has 2 nitrogen and oxygen atoms in total. The lowest BCUT2D eigenvalue weighted by atomic mass is 10.1. The molecule has 0 spiro atoms. The van der Waals surface area contributed by atoms with Crippen LogP contribution in [0.3, 0.4) is 0 Å². The summed E-state index contributed by atoms with van der Waals surface area (Å²) >= 11 is 1.68. The average Bonchev–Trinajstić information content (AvgIpc) is 2.65. The van der Waals surface area contributed by atoms with E-state index in [-0.39, 0.29) is 5.97 Å². The van der Waals surface area contributed by atoms with Gasteiger partial charge in [-0.05, 0) is 25.3 Å². The Morgan fingerprint density at radius 3 is 2.75 bits per heavy atom. The number of carbonyl (C=O) groups excluding carboxylic acids is 1. The first-order chi connectivity index (χ1) is 7.70. The van der Waals surface area contributed by atoms with Gasteiger partial charge in [0.05, 0.1) is 12.7 Å². The van der Waals surface area contributed by atoms with Gasteiger partial charge in [-0.2, -0.15) is 0 Å². The molecular formula is C13H20O2S. The summed E-state index contributed by atoms with van der Waals surface area (Å²) in [5.41, 5.74) is 1.84. The lowest BCUT2D eigenvalue weighted by Gasteiger charge is -2.01. The lowest BCUT2D eigenvalue weighted by Crippen LogP contribution is -2.01. The molecule has 0 aliphatic carbocycles. The molecule has 0 amide bonds. The van der Waals surface area contributed by atoms with E-state index in [0.717, 1.165) is 17.5 Å². The third-order valence-corrected chi connectivity index (χ3v) is 3.95. The van der Waals surface area contributed by atoms with Crippen molar-refractivity contribution in [2.75, 3.05) is 7.11 Å². The molecule has 0 fully saturated rings. The molecule has 1 rings (SSSR count). The molecule has 0 aliphatic heterocycles. The van der Waals surface area contributed by atoms with Crippen LogP contribution in [0, 0.1) is 6.92 Å². The van der Waals surface area contributed by atoms with Gasteiger partial charge in [0.2, 0.25) is 0 Å². The number of hydrogen-bond acceptors (Lipinski definition) is 3. The molecule has 0 aliphatic rings. The molecule has 3 heteroatoms. The Labute approximate surface area is 102 Å². The van der Waals surface area contributed by atoms with Gasteiger partial charge in [0.25, 0.3) is 0 Å². The SMILES string of the molecule is CCCCCCc1scc(C(=O)OC)c1C. The van der Waals surface area contributed by atoms with Crippen molar-refractivity contribution >= 4 is 17.3 Å². The molecule has 1 aromatic rings. The van der Waals surface area contributed by atoms with E-state index in [1.807, 2.05) is 12.3 Å². The number of hydrogen-bond donors (Lipinski definition) is 0. The molecule has 0 atom stereocenters. The standard InChI is InChI=1S/C13H20O2S/c1-4-5-6-7-8-12-10(2)11(9-16-12)13(14)15-3/h9H,4-8H2,1-3H3. The summed E-state index contributed by atoms with van der Waals surface area (Å²) in [4.78, 5) is 12.7. The molecule has 1 heterocycles. The molecule has 0 bridgehead atoms. The molecule has 0 saturated heterocycles. The molecule has 16 heavy (non-hydrogen) atoms. The van der Waals surface area contributed by atoms with Crippen LogP contribution in [0.25, 0.3) is 0 Å². The number of rotatable bonds is 6. The van der Waals surface area contributed by atoms with Crippen molar-refractivity contribution in [1.82, 2.24) is 0 Å². The third kappa shape index (κ3) is 3.34. The average molecular weight is 240 g/mol. The highest BCUT2D eigenvalue weighted by molar-refractivity contribution is 7.10. The van der Waals surface area contributed by atoms with Crippen LogP contribution >= 0.6 is 11.3 Å². The van der Waals surface area contributed by atoms with E-state index in [0.29, 0.717) is 0 Å². The van der Waals surface area contributed by atoms with Crippen LogP contribution in [-0.2, 0) is 11.2 Å². The minimum Gasteiger partial charge on any atom is -0.465 e. The highest BCUT2D eigenvalue weighted by Gasteiger charge is 2.14. The van der Waals surface area contributed by atoms with Crippen LogP contribution in [0.4, 0.5) is 0 Å². The number of carbonyl (C=O) groups is 1. The summed E-state index contributed by atoms with van der Waals surface area (Å²) in [6.07, 6.45) is 6.15. The second-order valence-electron chi connectivity index (χ2n) is 4.00. The van der Waals surface area contributed by atoms with Crippen LogP contribution in [0.15, 0.2) is 5.38 Å². The van der Waals surface area contributed by atoms with Crippen LogP contribution in [0.1, 0.15) is 53.4 Å². The molecule has 0 radical (unpaired) electrons. The first kappa shape index (κ1) is 13.2. The van der Waals surface area contributed by atoms with E-state index in [1.165, 1.54) is 37.7 Å². The van der Waals surface area contributed by atoms with Crippen molar-refractivity contribution in [2.24, 2.45) is 0 Å². The number of methoxy groups -OCH3 is 1. The van der Waals surface area contributed by atoms with Crippen molar-refractivity contribution in [2.45, 2.75) is 46.0 Å². The quantitative estimate of drug-likeness (QED) is 0.555. The highest BCUT2D eigenvalue weighted by atomic mass is 32.1. The Bertz CT molecular complexity index is 342. The zero-order valence-corrected chi connectivity index (χ0v) is 11.2. The van der Waals surface area contributed by atoms with E-state index in [9.17, 15) is 4.79 Å². The van der Waals surface area contributed by atoms with Gasteiger partial charge < -0.3 is 4.74 Å². The molecular weight excluding hydrogens is 220 g/mol. The smallest absolute Gasteiger partial charge is 0.338 e. The molecule has 90 valence electrons. The van der Waals surface area contributed by atoms with E-state index in [2.05, 4.69) is 6.92 Å². The Kier molecular flexibility index (Phi) is 5.53. The normalized spacial score (nSPS) is 10.4. The largest absolute Gasteiger partial charge is 0.465 e. The molecule has 0 saturated carbocycles. The molecule has 0 aromatic carbocycles. The van der Waals surface area contributed by atoms with E-state index in [1.54, 1.807) is 11.3 Å². The molecule has 1 aromatic heterocycles. The van der Waals surface area contributed by atoms with Gasteiger partial charge in [-0.1, -0.05) is 26.2 Å². The maximum Gasteiger partial charge on any atom is 0.338 e. The fourth-order valence-corrected chi connectivity index (χ4v) is 2.81. The van der Waals surface area contributed by atoms with Crippen molar-refractivity contribution in [1.29, 1.82) is 0 Å². The highest BCUT2D eigenvalue weighted by Crippen LogP contribution is 2.24. The fraction of sp³-hybridized carbons (Fsp3) is 0.615. The predicted octanol–water partition coefficient (Wildman–Crippen LogP) is 3.97. The summed E-state index contributed by atoms with van der Waals surface area (Å²) in [5.74, 6) is -0.214. The second kappa shape index (κ2) is 6.69. The van der Waals surface area contributed by atoms with Crippen molar-refractivity contribution in [3.63, 3.8) is 0 Å². The Morgan fingerprint density at radius 1 is 1.38 bits per heavy atom. The third-order valence-electron chi connectivity index (χ3n) is 2.80. The maximum atomic E-state index is 11.4. The van der Waals surface area contributed by atoms with Crippen LogP contribution in [0.2, 0.25) is 0 Å². The van der Waals surface area contributed by atoms with E-state index in [4.69, 9.17) is 4.74 Å². The maximum absolute atomic E-state index is 11.4. The Morgan fingerprint density at radius 2 is 2.12 bits per heavy atom. The summed E-state index contributed by atoms with van der Waals surface area (Å²) in [7, 11) is 1.43. The first-order valence-electron chi connectivity index (χ1n) is 5.86. The number of ether oxygens (including phenoxy) is 1. The summed E-state index contributed by atoms with van der Waals surface area (Å²) < 4.78 is 4.74. The number of esters is 1. The summed E-state index contributed by atoms with van der Waals surface area (Å²) in [6.45, 7) is 4.23. The topological polar surface area (TPSA) is 26.3 Å². The van der Waals surface area contributed by atoms with E-state index >= 15 is 0 Å². The monoisotopic (exact) mass is 240 g/mol. The van der Waals surface area contributed by atoms with Gasteiger partial charge in [0.15, 0.2) is 0 Å². The number of aryl methyl sites for hydroxylation is 1. The zero-order chi connectivity index (χ0) is 12.0. The van der Waals surface area contributed by atoms with Gasteiger partial charge >= 0.3 is 5.97 Å². The van der Waals surface area contributed by atoms with Gasteiger partial charge in [0.1, 0.15) is 0 Å². The van der Waals surface area contributed by atoms with Gasteiger partial charge in [0, 0.05) is 10.3 Å². The minimum atomic E-state index is -0.214. The van der Waals surface area contributed by atoms with Crippen molar-refractivity contribution in [3.8, 4) is 0 Å².